The van der Waals surface area contributed by atoms with Crippen molar-refractivity contribution in [2.75, 3.05) is 10.6 Å². The Morgan fingerprint density at radius 3 is 2.79 bits per heavy atom. The minimum absolute atomic E-state index is 0.245. The van der Waals surface area contributed by atoms with E-state index in [1.165, 1.54) is 23.6 Å². The number of carbonyl (C=O) groups is 1. The van der Waals surface area contributed by atoms with Gasteiger partial charge in [-0.3, -0.25) is 10.1 Å². The molecule has 0 fully saturated rings. The van der Waals surface area contributed by atoms with E-state index in [1.54, 1.807) is 30.3 Å². The summed E-state index contributed by atoms with van der Waals surface area (Å²) in [6.45, 7) is 1.96. The average Bonchev–Trinajstić information content (AvgIpc) is 3.05. The fourth-order valence-electron chi connectivity index (χ4n) is 1.99. The Bertz CT molecular complexity index is 867. The number of hydrogen-bond acceptors (Lipinski definition) is 6. The lowest BCUT2D eigenvalue weighted by molar-refractivity contribution is 0.102. The van der Waals surface area contributed by atoms with E-state index in [2.05, 4.69) is 25.8 Å². The van der Waals surface area contributed by atoms with Crippen LogP contribution in [0.2, 0.25) is 0 Å². The Balaban J connectivity index is 1.83. The van der Waals surface area contributed by atoms with E-state index in [9.17, 15) is 9.18 Å². The summed E-state index contributed by atoms with van der Waals surface area (Å²) in [5.74, 6) is -0.549. The molecule has 0 aliphatic rings. The van der Waals surface area contributed by atoms with E-state index in [0.29, 0.717) is 5.13 Å². The second kappa shape index (κ2) is 7.14. The topological polar surface area (TPSA) is 79.8 Å². The molecule has 0 aliphatic heterocycles. The summed E-state index contributed by atoms with van der Waals surface area (Å²) in [5.41, 5.74) is 0.531. The number of halogens is 1. The second-order valence-corrected chi connectivity index (χ2v) is 5.88. The van der Waals surface area contributed by atoms with Gasteiger partial charge in [0.15, 0.2) is 0 Å². The van der Waals surface area contributed by atoms with Crippen LogP contribution in [0.4, 0.5) is 21.0 Å². The lowest BCUT2D eigenvalue weighted by Gasteiger charge is -2.10. The van der Waals surface area contributed by atoms with Gasteiger partial charge in [-0.25, -0.2) is 9.37 Å². The first-order valence-electron chi connectivity index (χ1n) is 7.27. The summed E-state index contributed by atoms with van der Waals surface area (Å²) in [5, 5.41) is 14.7. The zero-order valence-electron chi connectivity index (χ0n) is 12.8. The number of hydrogen-bond donors (Lipinski definition) is 2. The molecule has 0 atom stereocenters. The van der Waals surface area contributed by atoms with Crippen LogP contribution >= 0.6 is 11.3 Å². The van der Waals surface area contributed by atoms with Gasteiger partial charge in [0.2, 0.25) is 5.13 Å². The van der Waals surface area contributed by atoms with E-state index in [1.807, 2.05) is 6.92 Å². The fourth-order valence-corrected chi connectivity index (χ4v) is 2.66. The highest BCUT2D eigenvalue weighted by Crippen LogP contribution is 2.22. The van der Waals surface area contributed by atoms with E-state index >= 15 is 0 Å². The maximum absolute atomic E-state index is 13.8. The number of nitrogens with one attached hydrogen (secondary N) is 2. The predicted octanol–water partition coefficient (Wildman–Crippen LogP) is 3.63. The number of amides is 1. The lowest BCUT2D eigenvalue weighted by atomic mass is 10.2. The molecule has 0 saturated heterocycles. The fraction of sp³-hybridized carbons (Fsp3) is 0.125. The normalized spacial score (nSPS) is 10.4. The molecule has 0 bridgehead atoms. The van der Waals surface area contributed by atoms with Gasteiger partial charge in [0.1, 0.15) is 16.6 Å². The molecule has 0 aliphatic carbocycles. The van der Waals surface area contributed by atoms with Crippen LogP contribution in [0.25, 0.3) is 0 Å². The molecule has 6 nitrogen and oxygen atoms in total. The van der Waals surface area contributed by atoms with Gasteiger partial charge in [0.25, 0.3) is 5.91 Å². The quantitative estimate of drug-likeness (QED) is 0.739. The molecule has 0 unspecified atom stereocenters. The first kappa shape index (κ1) is 16.0. The Kier molecular flexibility index (Phi) is 4.76. The average molecular weight is 343 g/mol. The minimum atomic E-state index is -0.425. The molecule has 2 heterocycles. The first-order chi connectivity index (χ1) is 11.7. The maximum atomic E-state index is 13.8. The number of carbonyl (C=O) groups excluding carboxylic acids is 1. The molecule has 2 aromatic heterocycles. The van der Waals surface area contributed by atoms with Crippen LogP contribution in [0.3, 0.4) is 0 Å². The van der Waals surface area contributed by atoms with Crippen molar-refractivity contribution in [1.82, 2.24) is 15.2 Å². The number of aryl methyl sites for hydroxylation is 1. The molecule has 0 spiro atoms. The van der Waals surface area contributed by atoms with Crippen molar-refractivity contribution in [1.29, 1.82) is 0 Å². The number of aromatic nitrogens is 3. The van der Waals surface area contributed by atoms with Crippen molar-refractivity contribution in [3.8, 4) is 0 Å². The van der Waals surface area contributed by atoms with Gasteiger partial charge < -0.3 is 5.32 Å². The van der Waals surface area contributed by atoms with E-state index in [-0.39, 0.29) is 23.0 Å². The highest BCUT2D eigenvalue weighted by molar-refractivity contribution is 7.15. The number of rotatable bonds is 5. The third-order valence-electron chi connectivity index (χ3n) is 3.17. The molecule has 0 saturated carbocycles. The molecular weight excluding hydrogens is 329 g/mol. The molecule has 2 N–H and O–H groups in total. The molecule has 24 heavy (non-hydrogen) atoms. The van der Waals surface area contributed by atoms with Crippen LogP contribution < -0.4 is 10.6 Å². The number of benzene rings is 1. The second-order valence-electron chi connectivity index (χ2n) is 4.81. The number of para-hydroxylation sites is 1. The molecule has 122 valence electrons. The minimum Gasteiger partial charge on any atom is -0.337 e. The Hall–Kier alpha value is -2.87. The van der Waals surface area contributed by atoms with Crippen LogP contribution in [0.1, 0.15) is 22.3 Å². The molecule has 3 rings (SSSR count). The summed E-state index contributed by atoms with van der Waals surface area (Å²) < 4.78 is 13.8. The monoisotopic (exact) mass is 343 g/mol. The summed E-state index contributed by atoms with van der Waals surface area (Å²) in [4.78, 5) is 16.6. The zero-order chi connectivity index (χ0) is 16.9. The predicted molar refractivity (Wildman–Crippen MR) is 91.2 cm³/mol. The van der Waals surface area contributed by atoms with Crippen LogP contribution in [0, 0.1) is 5.82 Å². The van der Waals surface area contributed by atoms with Gasteiger partial charge in [-0.15, -0.1) is 10.2 Å². The summed E-state index contributed by atoms with van der Waals surface area (Å²) in [6.07, 6.45) is 2.28. The summed E-state index contributed by atoms with van der Waals surface area (Å²) in [7, 11) is 0. The molecule has 3 aromatic rings. The highest BCUT2D eigenvalue weighted by Gasteiger charge is 2.15. The Morgan fingerprint density at radius 2 is 2.04 bits per heavy atom. The standard InChI is InChI=1S/C16H14FN5OS/c1-2-13-21-22-16(24-13)20-15(23)10-6-5-9-18-14(10)19-12-8-4-3-7-11(12)17/h3-9H,2H2,1H3,(H,18,19)(H,20,22,23). The smallest absolute Gasteiger partial charge is 0.261 e. The molecule has 8 heteroatoms. The Morgan fingerprint density at radius 1 is 1.21 bits per heavy atom. The van der Waals surface area contributed by atoms with Crippen LogP contribution in [-0.2, 0) is 6.42 Å². The van der Waals surface area contributed by atoms with Gasteiger partial charge in [0, 0.05) is 6.20 Å². The summed E-state index contributed by atoms with van der Waals surface area (Å²) in [6, 6.07) is 9.43. The lowest BCUT2D eigenvalue weighted by Crippen LogP contribution is -2.14. The van der Waals surface area contributed by atoms with Gasteiger partial charge in [-0.05, 0) is 30.7 Å². The number of anilines is 3. The van der Waals surface area contributed by atoms with Gasteiger partial charge in [0.05, 0.1) is 11.3 Å². The van der Waals surface area contributed by atoms with E-state index < -0.39 is 5.82 Å². The van der Waals surface area contributed by atoms with E-state index in [0.717, 1.165) is 11.4 Å². The summed E-state index contributed by atoms with van der Waals surface area (Å²) >= 11 is 1.31. The molecule has 0 radical (unpaired) electrons. The largest absolute Gasteiger partial charge is 0.337 e. The van der Waals surface area contributed by atoms with Gasteiger partial charge >= 0.3 is 0 Å². The highest BCUT2D eigenvalue weighted by atomic mass is 32.1. The third-order valence-corrected chi connectivity index (χ3v) is 4.15. The van der Waals surface area contributed by atoms with Gasteiger partial charge in [-0.2, -0.15) is 0 Å². The number of nitrogens with zero attached hydrogens (tertiary/aromatic N) is 3. The van der Waals surface area contributed by atoms with Crippen LogP contribution in [0.15, 0.2) is 42.6 Å². The third kappa shape index (κ3) is 3.54. The SMILES string of the molecule is CCc1nnc(NC(=O)c2cccnc2Nc2ccccc2F)s1. The zero-order valence-corrected chi connectivity index (χ0v) is 13.6. The van der Waals surface area contributed by atoms with Crippen molar-refractivity contribution >= 4 is 33.9 Å². The van der Waals surface area contributed by atoms with E-state index in [4.69, 9.17) is 0 Å². The Labute approximate surface area is 141 Å². The molecular formula is C16H14FN5OS. The van der Waals surface area contributed by atoms with Crippen molar-refractivity contribution in [3.63, 3.8) is 0 Å². The number of pyridine rings is 1. The van der Waals surface area contributed by atoms with Crippen LogP contribution in [0.5, 0.6) is 0 Å². The molecule has 1 amide bonds. The van der Waals surface area contributed by atoms with Crippen molar-refractivity contribution < 1.29 is 9.18 Å². The van der Waals surface area contributed by atoms with Crippen molar-refractivity contribution in [2.24, 2.45) is 0 Å². The first-order valence-corrected chi connectivity index (χ1v) is 8.09. The maximum Gasteiger partial charge on any atom is 0.261 e. The van der Waals surface area contributed by atoms with Crippen molar-refractivity contribution in [2.45, 2.75) is 13.3 Å². The molecule has 1 aromatic carbocycles. The van der Waals surface area contributed by atoms with Crippen molar-refractivity contribution in [3.05, 3.63) is 59.0 Å². The van der Waals surface area contributed by atoms with Crippen LogP contribution in [-0.4, -0.2) is 21.1 Å². The van der Waals surface area contributed by atoms with Gasteiger partial charge in [-0.1, -0.05) is 30.4 Å².